The highest BCUT2D eigenvalue weighted by Crippen LogP contribution is 2.43. The van der Waals surface area contributed by atoms with E-state index in [1.165, 1.54) is 21.4 Å². The lowest BCUT2D eigenvalue weighted by Crippen LogP contribution is -1.93. The zero-order chi connectivity index (χ0) is 11.3. The van der Waals surface area contributed by atoms with Gasteiger partial charge in [0.05, 0.1) is 5.52 Å². The van der Waals surface area contributed by atoms with Crippen molar-refractivity contribution >= 4 is 38.6 Å². The molecule has 2 aromatic rings. The minimum Gasteiger partial charge on any atom is -0.241 e. The summed E-state index contributed by atoms with van der Waals surface area (Å²) in [6.45, 7) is 4.41. The van der Waals surface area contributed by atoms with E-state index in [1.54, 1.807) is 0 Å². The third-order valence-corrected chi connectivity index (χ3v) is 4.88. The Hall–Kier alpha value is -0.540. The van der Waals surface area contributed by atoms with Crippen LogP contribution in [0.25, 0.3) is 10.9 Å². The Bertz CT molecular complexity index is 580. The predicted octanol–water partition coefficient (Wildman–Crippen LogP) is 4.34. The molecule has 0 fully saturated rings. The molecule has 3 heteroatoms. The van der Waals surface area contributed by atoms with Crippen molar-refractivity contribution in [1.29, 1.82) is 0 Å². The first-order valence-electron chi connectivity index (χ1n) is 5.40. The third kappa shape index (κ3) is 1.57. The van der Waals surface area contributed by atoms with Gasteiger partial charge in [-0.1, -0.05) is 18.6 Å². The molecular weight excluding hydrogens is 282 g/mol. The van der Waals surface area contributed by atoms with E-state index in [2.05, 4.69) is 53.0 Å². The van der Waals surface area contributed by atoms with Crippen LogP contribution in [0.2, 0.25) is 0 Å². The lowest BCUT2D eigenvalue weighted by Gasteiger charge is -2.06. The van der Waals surface area contributed by atoms with Crippen LogP contribution in [0, 0.1) is 6.92 Å². The highest BCUT2D eigenvalue weighted by atomic mass is 79.9. The van der Waals surface area contributed by atoms with Gasteiger partial charge in [-0.2, -0.15) is 0 Å². The number of aromatic nitrogens is 1. The van der Waals surface area contributed by atoms with E-state index in [-0.39, 0.29) is 0 Å². The van der Waals surface area contributed by atoms with Gasteiger partial charge in [0.2, 0.25) is 0 Å². The van der Waals surface area contributed by atoms with Crippen molar-refractivity contribution in [2.24, 2.45) is 0 Å². The molecule has 0 saturated carbocycles. The number of aryl methyl sites for hydroxylation is 1. The molecule has 3 rings (SSSR count). The second kappa shape index (κ2) is 3.74. The van der Waals surface area contributed by atoms with Crippen molar-refractivity contribution in [3.05, 3.63) is 33.9 Å². The quantitative estimate of drug-likeness (QED) is 0.670. The molecule has 1 nitrogen and oxygen atoms in total. The van der Waals surface area contributed by atoms with Crippen LogP contribution >= 0.6 is 27.7 Å². The first kappa shape index (κ1) is 10.6. The molecule has 2 heterocycles. The summed E-state index contributed by atoms with van der Waals surface area (Å²) < 4.78 is 1.02. The van der Waals surface area contributed by atoms with Crippen LogP contribution in [0.5, 0.6) is 0 Å². The van der Waals surface area contributed by atoms with Crippen LogP contribution < -0.4 is 0 Å². The van der Waals surface area contributed by atoms with Gasteiger partial charge in [0.15, 0.2) is 0 Å². The second-order valence-corrected chi connectivity index (χ2v) is 6.56. The van der Waals surface area contributed by atoms with Crippen LogP contribution in [-0.2, 0) is 6.42 Å². The Balaban J connectivity index is 2.38. The zero-order valence-corrected chi connectivity index (χ0v) is 11.7. The van der Waals surface area contributed by atoms with Crippen LogP contribution in [0.15, 0.2) is 27.7 Å². The average molecular weight is 294 g/mol. The molecule has 0 amide bonds. The first-order chi connectivity index (χ1) is 7.65. The molecule has 1 aromatic carbocycles. The summed E-state index contributed by atoms with van der Waals surface area (Å²) in [7, 11) is 0. The number of nitrogens with zero attached hydrogens (tertiary/aromatic N) is 1. The van der Waals surface area contributed by atoms with Crippen LogP contribution in [-0.4, -0.2) is 10.2 Å². The molecule has 0 saturated heterocycles. The van der Waals surface area contributed by atoms with Crippen molar-refractivity contribution < 1.29 is 0 Å². The Morgan fingerprint density at radius 3 is 3.06 bits per heavy atom. The Morgan fingerprint density at radius 2 is 2.25 bits per heavy atom. The van der Waals surface area contributed by atoms with Crippen LogP contribution in [0.1, 0.15) is 18.1 Å². The summed E-state index contributed by atoms with van der Waals surface area (Å²) in [5.74, 6) is 0. The number of fused-ring (bicyclic) bond motifs is 3. The summed E-state index contributed by atoms with van der Waals surface area (Å²) in [6.07, 6.45) is 1.12. The number of halogens is 1. The summed E-state index contributed by atoms with van der Waals surface area (Å²) in [4.78, 5) is 6.05. The monoisotopic (exact) mass is 293 g/mol. The molecular formula is C13H12BrNS. The summed E-state index contributed by atoms with van der Waals surface area (Å²) in [5.41, 5.74) is 3.78. The molecule has 0 radical (unpaired) electrons. The molecule has 1 unspecified atom stereocenters. The van der Waals surface area contributed by atoms with Gasteiger partial charge in [-0.05, 0) is 41.4 Å². The molecule has 82 valence electrons. The summed E-state index contributed by atoms with van der Waals surface area (Å²) in [5, 5.41) is 1.98. The van der Waals surface area contributed by atoms with E-state index in [9.17, 15) is 0 Å². The van der Waals surface area contributed by atoms with Gasteiger partial charge in [-0.15, -0.1) is 11.8 Å². The molecule has 0 bridgehead atoms. The van der Waals surface area contributed by atoms with Gasteiger partial charge >= 0.3 is 0 Å². The van der Waals surface area contributed by atoms with Gasteiger partial charge in [0.25, 0.3) is 0 Å². The molecule has 1 atom stereocenters. The van der Waals surface area contributed by atoms with Gasteiger partial charge in [-0.25, -0.2) is 4.98 Å². The largest absolute Gasteiger partial charge is 0.241 e. The maximum absolute atomic E-state index is 4.63. The van der Waals surface area contributed by atoms with E-state index in [0.717, 1.165) is 16.5 Å². The van der Waals surface area contributed by atoms with Crippen molar-refractivity contribution in [1.82, 2.24) is 4.98 Å². The van der Waals surface area contributed by atoms with E-state index in [1.807, 2.05) is 11.8 Å². The first-order valence-corrected chi connectivity index (χ1v) is 7.08. The summed E-state index contributed by atoms with van der Waals surface area (Å²) in [6, 6.07) is 6.48. The molecule has 0 aliphatic carbocycles. The number of hydrogen-bond acceptors (Lipinski definition) is 2. The van der Waals surface area contributed by atoms with Crippen molar-refractivity contribution in [3.63, 3.8) is 0 Å². The van der Waals surface area contributed by atoms with Crippen LogP contribution in [0.4, 0.5) is 0 Å². The number of hydrogen-bond donors (Lipinski definition) is 0. The maximum atomic E-state index is 4.63. The topological polar surface area (TPSA) is 12.9 Å². The minimum atomic E-state index is 0.666. The SMILES string of the molecule is Cc1ccc2nc(Br)c3c(c2c1)SC(C)C3. The number of pyridine rings is 1. The fourth-order valence-corrected chi connectivity index (χ4v) is 4.15. The zero-order valence-electron chi connectivity index (χ0n) is 9.25. The van der Waals surface area contributed by atoms with E-state index in [4.69, 9.17) is 0 Å². The standard InChI is InChI=1S/C13H12BrNS/c1-7-3-4-11-9(5-7)12-10(13(14)15-11)6-8(2)16-12/h3-5,8H,6H2,1-2H3. The van der Waals surface area contributed by atoms with Crippen molar-refractivity contribution in [2.45, 2.75) is 30.4 Å². The van der Waals surface area contributed by atoms with Crippen molar-refractivity contribution in [2.75, 3.05) is 0 Å². The molecule has 0 spiro atoms. The summed E-state index contributed by atoms with van der Waals surface area (Å²) >= 11 is 5.56. The highest BCUT2D eigenvalue weighted by Gasteiger charge is 2.24. The van der Waals surface area contributed by atoms with Gasteiger partial charge in [0.1, 0.15) is 4.60 Å². The Kier molecular flexibility index (Phi) is 2.48. The number of rotatable bonds is 0. The fourth-order valence-electron chi connectivity index (χ4n) is 2.20. The van der Waals surface area contributed by atoms with Crippen molar-refractivity contribution in [3.8, 4) is 0 Å². The lowest BCUT2D eigenvalue weighted by atomic mass is 10.1. The number of benzene rings is 1. The smallest absolute Gasteiger partial charge is 0.111 e. The van der Waals surface area contributed by atoms with Gasteiger partial charge < -0.3 is 0 Å². The average Bonchev–Trinajstić information content (AvgIpc) is 2.62. The third-order valence-electron chi connectivity index (χ3n) is 2.95. The van der Waals surface area contributed by atoms with Crippen LogP contribution in [0.3, 0.4) is 0 Å². The van der Waals surface area contributed by atoms with E-state index in [0.29, 0.717) is 5.25 Å². The Labute approximate surface area is 108 Å². The Morgan fingerprint density at radius 1 is 1.44 bits per heavy atom. The lowest BCUT2D eigenvalue weighted by molar-refractivity contribution is 0.945. The molecule has 1 aliphatic heterocycles. The second-order valence-electron chi connectivity index (χ2n) is 4.36. The number of thioether (sulfide) groups is 1. The van der Waals surface area contributed by atoms with E-state index < -0.39 is 0 Å². The molecule has 0 N–H and O–H groups in total. The maximum Gasteiger partial charge on any atom is 0.111 e. The molecule has 1 aliphatic rings. The van der Waals surface area contributed by atoms with E-state index >= 15 is 0 Å². The van der Waals surface area contributed by atoms with Gasteiger partial charge in [0, 0.05) is 21.1 Å². The highest BCUT2D eigenvalue weighted by molar-refractivity contribution is 9.10. The normalized spacial score (nSPS) is 19.1. The fraction of sp³-hybridized carbons (Fsp3) is 0.308. The minimum absolute atomic E-state index is 0.666. The van der Waals surface area contributed by atoms with Gasteiger partial charge in [-0.3, -0.25) is 0 Å². The predicted molar refractivity (Wildman–Crippen MR) is 73.2 cm³/mol. The molecule has 16 heavy (non-hydrogen) atoms. The molecule has 1 aromatic heterocycles.